The summed E-state index contributed by atoms with van der Waals surface area (Å²) in [5, 5.41) is 6.39. The Morgan fingerprint density at radius 1 is 1.50 bits per heavy atom. The number of thiophene rings is 1. The summed E-state index contributed by atoms with van der Waals surface area (Å²) in [7, 11) is 0. The first-order chi connectivity index (χ1) is 8.09. The van der Waals surface area contributed by atoms with Crippen molar-refractivity contribution in [1.82, 2.24) is 10.6 Å². The molecule has 0 atom stereocenters. The van der Waals surface area contributed by atoms with E-state index < -0.39 is 0 Å². The molecule has 0 radical (unpaired) electrons. The van der Waals surface area contributed by atoms with E-state index in [1.807, 2.05) is 12.1 Å². The normalized spacial score (nSPS) is 17.9. The molecule has 6 heteroatoms. The molecule has 1 aromatic rings. The van der Waals surface area contributed by atoms with Gasteiger partial charge in [0, 0.05) is 6.54 Å². The van der Waals surface area contributed by atoms with E-state index in [2.05, 4.69) is 33.5 Å². The Morgan fingerprint density at radius 2 is 2.17 bits per heavy atom. The molecule has 1 aliphatic rings. The third kappa shape index (κ3) is 4.23. The van der Waals surface area contributed by atoms with Crippen molar-refractivity contribution in [2.45, 2.75) is 19.8 Å². The summed E-state index contributed by atoms with van der Waals surface area (Å²) >= 11 is 4.84. The van der Waals surface area contributed by atoms with Gasteiger partial charge >= 0.3 is 0 Å². The molecule has 0 saturated carbocycles. The van der Waals surface area contributed by atoms with E-state index in [0.717, 1.165) is 41.1 Å². The van der Waals surface area contributed by atoms with Crippen LogP contribution in [-0.2, 0) is 0 Å². The van der Waals surface area contributed by atoms with Crippen LogP contribution < -0.4 is 10.6 Å². The lowest BCUT2D eigenvalue weighted by molar-refractivity contribution is 0.0926. The number of rotatable bonds is 3. The van der Waals surface area contributed by atoms with Gasteiger partial charge in [-0.1, -0.05) is 6.92 Å². The lowest BCUT2D eigenvalue weighted by Crippen LogP contribution is -2.42. The van der Waals surface area contributed by atoms with Gasteiger partial charge in [0.05, 0.1) is 8.66 Å². The van der Waals surface area contributed by atoms with Crippen molar-refractivity contribution < 1.29 is 4.79 Å². The molecule has 1 amide bonds. The van der Waals surface area contributed by atoms with Gasteiger partial charge in [-0.2, -0.15) is 0 Å². The topological polar surface area (TPSA) is 41.1 Å². The summed E-state index contributed by atoms with van der Waals surface area (Å²) in [6, 6.07) is 3.76. The number of piperidine rings is 1. The summed E-state index contributed by atoms with van der Waals surface area (Å²) in [6.45, 7) is 5.12. The first kappa shape index (κ1) is 16.0. The van der Waals surface area contributed by atoms with Crippen LogP contribution in [0.2, 0.25) is 0 Å². The van der Waals surface area contributed by atoms with E-state index in [9.17, 15) is 4.79 Å². The predicted molar refractivity (Wildman–Crippen MR) is 81.8 cm³/mol. The van der Waals surface area contributed by atoms with Crippen molar-refractivity contribution in [1.29, 1.82) is 0 Å². The van der Waals surface area contributed by atoms with Crippen LogP contribution in [0.5, 0.6) is 0 Å². The highest BCUT2D eigenvalue weighted by Gasteiger charge is 2.27. The summed E-state index contributed by atoms with van der Waals surface area (Å²) < 4.78 is 0.996. The molecule has 0 bridgehead atoms. The smallest absolute Gasteiger partial charge is 0.261 e. The Balaban J connectivity index is 0.00000162. The van der Waals surface area contributed by atoms with Crippen molar-refractivity contribution in [3.8, 4) is 0 Å². The van der Waals surface area contributed by atoms with Gasteiger partial charge in [0.25, 0.3) is 5.91 Å². The van der Waals surface area contributed by atoms with E-state index in [4.69, 9.17) is 0 Å². The molecule has 1 saturated heterocycles. The molecule has 0 aromatic carbocycles. The first-order valence-electron chi connectivity index (χ1n) is 5.83. The van der Waals surface area contributed by atoms with Gasteiger partial charge in [-0.3, -0.25) is 4.79 Å². The van der Waals surface area contributed by atoms with E-state index in [-0.39, 0.29) is 23.7 Å². The zero-order valence-electron chi connectivity index (χ0n) is 10.3. The molecule has 1 aromatic heterocycles. The van der Waals surface area contributed by atoms with Crippen molar-refractivity contribution in [2.75, 3.05) is 19.6 Å². The van der Waals surface area contributed by atoms with Crippen LogP contribution in [0, 0.1) is 5.41 Å². The second-order valence-corrected chi connectivity index (χ2v) is 7.31. The van der Waals surface area contributed by atoms with Crippen LogP contribution in [0.25, 0.3) is 0 Å². The predicted octanol–water partition coefficient (Wildman–Crippen LogP) is 3.05. The van der Waals surface area contributed by atoms with E-state index in [1.165, 1.54) is 11.3 Å². The molecular weight excluding hydrogens is 336 g/mol. The summed E-state index contributed by atoms with van der Waals surface area (Å²) in [5.74, 6) is 0.0421. The Morgan fingerprint density at radius 3 is 2.72 bits per heavy atom. The van der Waals surface area contributed by atoms with Crippen LogP contribution in [0.4, 0.5) is 0 Å². The molecule has 1 aliphatic heterocycles. The van der Waals surface area contributed by atoms with Crippen LogP contribution >= 0.6 is 39.7 Å². The van der Waals surface area contributed by atoms with Crippen LogP contribution in [0.1, 0.15) is 29.4 Å². The minimum Gasteiger partial charge on any atom is -0.351 e. The third-order valence-corrected chi connectivity index (χ3v) is 4.91. The van der Waals surface area contributed by atoms with Crippen LogP contribution in [0.3, 0.4) is 0 Å². The SMILES string of the molecule is CC1(CNC(=O)c2ccc(Br)s2)CCNCC1.Cl. The highest BCUT2D eigenvalue weighted by molar-refractivity contribution is 9.11. The Kier molecular flexibility index (Phi) is 6.11. The average molecular weight is 354 g/mol. The Labute approximate surface area is 126 Å². The minimum atomic E-state index is 0. The second kappa shape index (κ2) is 6.89. The van der Waals surface area contributed by atoms with Crippen molar-refractivity contribution in [3.63, 3.8) is 0 Å². The molecule has 18 heavy (non-hydrogen) atoms. The summed E-state index contributed by atoms with van der Waals surface area (Å²) in [5.41, 5.74) is 0.245. The zero-order chi connectivity index (χ0) is 12.3. The number of carbonyl (C=O) groups is 1. The fourth-order valence-electron chi connectivity index (χ4n) is 2.02. The van der Waals surface area contributed by atoms with Crippen LogP contribution in [0.15, 0.2) is 15.9 Å². The maximum Gasteiger partial charge on any atom is 0.261 e. The number of amides is 1. The molecule has 0 spiro atoms. The largest absolute Gasteiger partial charge is 0.351 e. The molecule has 0 unspecified atom stereocenters. The molecule has 2 heterocycles. The summed E-state index contributed by atoms with van der Waals surface area (Å²) in [6.07, 6.45) is 2.25. The number of halogens is 2. The van der Waals surface area contributed by atoms with Crippen molar-refractivity contribution in [3.05, 3.63) is 20.8 Å². The third-order valence-electron chi connectivity index (χ3n) is 3.28. The van der Waals surface area contributed by atoms with Gasteiger partial charge in [0.2, 0.25) is 0 Å². The molecule has 0 aliphatic carbocycles. The van der Waals surface area contributed by atoms with E-state index in [1.54, 1.807) is 0 Å². The first-order valence-corrected chi connectivity index (χ1v) is 7.44. The van der Waals surface area contributed by atoms with Gasteiger partial charge in [-0.05, 0) is 59.4 Å². The van der Waals surface area contributed by atoms with Crippen molar-refractivity contribution >= 4 is 45.6 Å². The molecule has 102 valence electrons. The maximum atomic E-state index is 11.9. The van der Waals surface area contributed by atoms with Crippen LogP contribution in [-0.4, -0.2) is 25.5 Å². The second-order valence-electron chi connectivity index (χ2n) is 4.85. The number of nitrogens with one attached hydrogen (secondary N) is 2. The maximum absolute atomic E-state index is 11.9. The van der Waals surface area contributed by atoms with E-state index >= 15 is 0 Å². The monoisotopic (exact) mass is 352 g/mol. The Bertz CT molecular complexity index is 405. The standard InChI is InChI=1S/C12H17BrN2OS.ClH/c1-12(4-6-14-7-5-12)8-15-11(16)9-2-3-10(13)17-9;/h2-3,14H,4-8H2,1H3,(H,15,16);1H. The lowest BCUT2D eigenvalue weighted by Gasteiger charge is -2.34. The quantitative estimate of drug-likeness (QED) is 0.877. The molecular formula is C12H18BrClN2OS. The molecule has 1 fully saturated rings. The van der Waals surface area contributed by atoms with Crippen molar-refractivity contribution in [2.24, 2.45) is 5.41 Å². The highest BCUT2D eigenvalue weighted by atomic mass is 79.9. The molecule has 3 nitrogen and oxygen atoms in total. The average Bonchev–Trinajstić information content (AvgIpc) is 2.74. The minimum absolute atomic E-state index is 0. The summed E-state index contributed by atoms with van der Waals surface area (Å²) in [4.78, 5) is 12.7. The number of hydrogen-bond acceptors (Lipinski definition) is 3. The van der Waals surface area contributed by atoms with Gasteiger partial charge in [-0.15, -0.1) is 23.7 Å². The van der Waals surface area contributed by atoms with Gasteiger partial charge in [-0.25, -0.2) is 0 Å². The van der Waals surface area contributed by atoms with Gasteiger partial charge in [0.1, 0.15) is 0 Å². The van der Waals surface area contributed by atoms with Gasteiger partial charge < -0.3 is 10.6 Å². The van der Waals surface area contributed by atoms with E-state index in [0.29, 0.717) is 0 Å². The number of hydrogen-bond donors (Lipinski definition) is 2. The Hall–Kier alpha value is -0.100. The highest BCUT2D eigenvalue weighted by Crippen LogP contribution is 2.27. The number of carbonyl (C=O) groups excluding carboxylic acids is 1. The zero-order valence-corrected chi connectivity index (χ0v) is 13.5. The molecule has 2 rings (SSSR count). The molecule has 2 N–H and O–H groups in total. The fraction of sp³-hybridized carbons (Fsp3) is 0.583. The van der Waals surface area contributed by atoms with Gasteiger partial charge in [0.15, 0.2) is 0 Å². The fourth-order valence-corrected chi connectivity index (χ4v) is 3.33. The lowest BCUT2D eigenvalue weighted by atomic mass is 9.81.